The highest BCUT2D eigenvalue weighted by Gasteiger charge is 2.27. The van der Waals surface area contributed by atoms with Gasteiger partial charge in [0.1, 0.15) is 0 Å². The van der Waals surface area contributed by atoms with Gasteiger partial charge < -0.3 is 10.1 Å². The van der Waals surface area contributed by atoms with Gasteiger partial charge in [0.2, 0.25) is 0 Å². The summed E-state index contributed by atoms with van der Waals surface area (Å²) in [6.07, 6.45) is 4.86. The van der Waals surface area contributed by atoms with Crippen LogP contribution in [0.25, 0.3) is 0 Å². The Morgan fingerprint density at radius 3 is 2.86 bits per heavy atom. The molecular formula is C17H21NO3S. The first kappa shape index (κ1) is 15.4. The number of esters is 1. The van der Waals surface area contributed by atoms with Crippen LogP contribution in [0.1, 0.15) is 37.3 Å². The first-order valence-corrected chi connectivity index (χ1v) is 8.85. The number of thioether (sulfide) groups is 1. The van der Waals surface area contributed by atoms with Gasteiger partial charge in [0, 0.05) is 10.9 Å². The quantitative estimate of drug-likeness (QED) is 0.646. The smallest absolute Gasteiger partial charge is 0.317 e. The number of carbonyl (C=O) groups is 2. The van der Waals surface area contributed by atoms with Gasteiger partial charge in [0.15, 0.2) is 6.10 Å². The number of hydrogen-bond acceptors (Lipinski definition) is 4. The van der Waals surface area contributed by atoms with Crippen LogP contribution in [0.15, 0.2) is 23.1 Å². The summed E-state index contributed by atoms with van der Waals surface area (Å²) in [5.74, 6) is -0.304. The summed E-state index contributed by atoms with van der Waals surface area (Å²) in [7, 11) is 0. The van der Waals surface area contributed by atoms with E-state index in [1.54, 1.807) is 6.92 Å². The molecule has 22 heavy (non-hydrogen) atoms. The number of aryl methyl sites for hydroxylation is 2. The number of nitrogens with one attached hydrogen (secondary N) is 1. The first-order valence-electron chi connectivity index (χ1n) is 7.86. The summed E-state index contributed by atoms with van der Waals surface area (Å²) in [5.41, 5.74) is 2.83. The molecule has 0 bridgehead atoms. The normalized spacial score (nSPS) is 17.7. The summed E-state index contributed by atoms with van der Waals surface area (Å²) in [6, 6.07) is 6.67. The van der Waals surface area contributed by atoms with Crippen LogP contribution >= 0.6 is 11.8 Å². The van der Waals surface area contributed by atoms with Crippen LogP contribution in [-0.4, -0.2) is 29.8 Å². The summed E-state index contributed by atoms with van der Waals surface area (Å²) < 4.78 is 5.18. The fourth-order valence-corrected chi connectivity index (χ4v) is 3.35. The van der Waals surface area contributed by atoms with E-state index in [9.17, 15) is 9.59 Å². The van der Waals surface area contributed by atoms with E-state index in [1.165, 1.54) is 29.3 Å². The largest absolute Gasteiger partial charge is 0.452 e. The zero-order valence-corrected chi connectivity index (χ0v) is 13.6. The van der Waals surface area contributed by atoms with E-state index in [0.29, 0.717) is 0 Å². The minimum Gasteiger partial charge on any atom is -0.452 e. The second-order valence-electron chi connectivity index (χ2n) is 5.99. The Balaban J connectivity index is 1.44. The fraction of sp³-hybridized carbons (Fsp3) is 0.529. The Morgan fingerprint density at radius 1 is 1.32 bits per heavy atom. The molecule has 1 N–H and O–H groups in total. The monoisotopic (exact) mass is 319 g/mol. The standard InChI is InChI=1S/C17H21NO3S/c1-11(17(20)18-14-6-7-14)21-16(19)10-22-15-8-5-12-3-2-4-13(12)9-15/h5,8-9,11,14H,2-4,6-7,10H2,1H3,(H,18,20)/t11-/m1/s1. The van der Waals surface area contributed by atoms with Crippen molar-refractivity contribution in [2.45, 2.75) is 56.1 Å². The molecule has 0 saturated heterocycles. The van der Waals surface area contributed by atoms with E-state index in [1.807, 2.05) is 0 Å². The number of benzene rings is 1. The van der Waals surface area contributed by atoms with E-state index in [-0.39, 0.29) is 23.7 Å². The van der Waals surface area contributed by atoms with Gasteiger partial charge in [-0.25, -0.2) is 0 Å². The molecule has 1 amide bonds. The Morgan fingerprint density at radius 2 is 2.09 bits per heavy atom. The van der Waals surface area contributed by atoms with Crippen molar-refractivity contribution in [1.82, 2.24) is 5.32 Å². The van der Waals surface area contributed by atoms with Gasteiger partial charge in [-0.15, -0.1) is 11.8 Å². The predicted octanol–water partition coefficient (Wildman–Crippen LogP) is 2.48. The molecule has 1 fully saturated rings. The third-order valence-electron chi connectivity index (χ3n) is 4.03. The highest BCUT2D eigenvalue weighted by Crippen LogP contribution is 2.27. The molecule has 118 valence electrons. The molecule has 5 heteroatoms. The Hall–Kier alpha value is -1.49. The Bertz CT molecular complexity index is 583. The second-order valence-corrected chi connectivity index (χ2v) is 7.04. The topological polar surface area (TPSA) is 55.4 Å². The number of fused-ring (bicyclic) bond motifs is 1. The molecule has 1 saturated carbocycles. The molecule has 3 rings (SSSR count). The van der Waals surface area contributed by atoms with Gasteiger partial charge in [-0.3, -0.25) is 9.59 Å². The maximum absolute atomic E-state index is 11.8. The van der Waals surface area contributed by atoms with Crippen molar-refractivity contribution in [2.24, 2.45) is 0 Å². The average molecular weight is 319 g/mol. The molecule has 1 aromatic rings. The van der Waals surface area contributed by atoms with Crippen molar-refractivity contribution in [3.63, 3.8) is 0 Å². The third kappa shape index (κ3) is 4.03. The maximum Gasteiger partial charge on any atom is 0.317 e. The van der Waals surface area contributed by atoms with Crippen molar-refractivity contribution in [1.29, 1.82) is 0 Å². The molecule has 0 unspecified atom stereocenters. The van der Waals surface area contributed by atoms with Crippen molar-refractivity contribution in [2.75, 3.05) is 5.75 Å². The summed E-state index contributed by atoms with van der Waals surface area (Å²) in [4.78, 5) is 24.7. The average Bonchev–Trinajstić information content (AvgIpc) is 3.19. The highest BCUT2D eigenvalue weighted by atomic mass is 32.2. The molecular weight excluding hydrogens is 298 g/mol. The van der Waals surface area contributed by atoms with Gasteiger partial charge in [0.05, 0.1) is 5.75 Å². The number of carbonyl (C=O) groups excluding carboxylic acids is 2. The van der Waals surface area contributed by atoms with Crippen LogP contribution in [0.2, 0.25) is 0 Å². The van der Waals surface area contributed by atoms with Crippen molar-refractivity contribution >= 4 is 23.6 Å². The number of amides is 1. The summed E-state index contributed by atoms with van der Waals surface area (Å²) in [5, 5.41) is 2.84. The van der Waals surface area contributed by atoms with E-state index >= 15 is 0 Å². The third-order valence-corrected chi connectivity index (χ3v) is 5.00. The zero-order valence-electron chi connectivity index (χ0n) is 12.8. The lowest BCUT2D eigenvalue weighted by atomic mass is 10.1. The van der Waals surface area contributed by atoms with Crippen LogP contribution in [0.3, 0.4) is 0 Å². The molecule has 4 nitrogen and oxygen atoms in total. The van der Waals surface area contributed by atoms with Gasteiger partial charge in [-0.1, -0.05) is 6.07 Å². The van der Waals surface area contributed by atoms with E-state index in [0.717, 1.165) is 30.6 Å². The Labute approximate surface area is 135 Å². The van der Waals surface area contributed by atoms with Crippen molar-refractivity contribution < 1.29 is 14.3 Å². The molecule has 0 spiro atoms. The maximum atomic E-state index is 11.8. The van der Waals surface area contributed by atoms with E-state index in [2.05, 4.69) is 23.5 Å². The van der Waals surface area contributed by atoms with Crippen LogP contribution in [0.5, 0.6) is 0 Å². The van der Waals surface area contributed by atoms with Crippen LogP contribution in [0.4, 0.5) is 0 Å². The predicted molar refractivity (Wildman–Crippen MR) is 85.9 cm³/mol. The van der Waals surface area contributed by atoms with Gasteiger partial charge in [-0.2, -0.15) is 0 Å². The molecule has 0 aromatic heterocycles. The number of ether oxygens (including phenoxy) is 1. The van der Waals surface area contributed by atoms with Crippen molar-refractivity contribution in [3.05, 3.63) is 29.3 Å². The summed E-state index contributed by atoms with van der Waals surface area (Å²) >= 11 is 1.47. The molecule has 0 radical (unpaired) electrons. The second kappa shape index (κ2) is 6.73. The van der Waals surface area contributed by atoms with E-state index in [4.69, 9.17) is 4.74 Å². The Kier molecular flexibility index (Phi) is 4.71. The molecule has 0 heterocycles. The molecule has 2 aliphatic carbocycles. The molecule has 1 atom stereocenters. The molecule has 1 aromatic carbocycles. The first-order chi connectivity index (χ1) is 10.6. The number of hydrogen-bond donors (Lipinski definition) is 1. The zero-order chi connectivity index (χ0) is 15.5. The van der Waals surface area contributed by atoms with Crippen LogP contribution < -0.4 is 5.32 Å². The van der Waals surface area contributed by atoms with Crippen LogP contribution in [-0.2, 0) is 27.2 Å². The van der Waals surface area contributed by atoms with Gasteiger partial charge in [0.25, 0.3) is 5.91 Å². The highest BCUT2D eigenvalue weighted by molar-refractivity contribution is 8.00. The van der Waals surface area contributed by atoms with Crippen LogP contribution in [0, 0.1) is 0 Å². The number of rotatable bonds is 6. The summed E-state index contributed by atoms with van der Waals surface area (Å²) in [6.45, 7) is 1.62. The lowest BCUT2D eigenvalue weighted by Crippen LogP contribution is -2.37. The lowest BCUT2D eigenvalue weighted by Gasteiger charge is -2.13. The van der Waals surface area contributed by atoms with Gasteiger partial charge in [-0.05, 0) is 62.3 Å². The fourth-order valence-electron chi connectivity index (χ4n) is 2.61. The minimum absolute atomic E-state index is 0.196. The van der Waals surface area contributed by atoms with Gasteiger partial charge >= 0.3 is 5.97 Å². The molecule has 2 aliphatic rings. The molecule has 0 aliphatic heterocycles. The van der Waals surface area contributed by atoms with E-state index < -0.39 is 6.10 Å². The SMILES string of the molecule is C[C@@H](OC(=O)CSc1ccc2c(c1)CCC2)C(=O)NC1CC1. The lowest BCUT2D eigenvalue weighted by molar-refractivity contribution is -0.152. The van der Waals surface area contributed by atoms with Crippen molar-refractivity contribution in [3.8, 4) is 0 Å². The minimum atomic E-state index is -0.714.